The minimum atomic E-state index is -2.57. The van der Waals surface area contributed by atoms with E-state index in [0.717, 1.165) is 11.3 Å². The molecule has 69 heavy (non-hydrogen) atoms. The van der Waals surface area contributed by atoms with Gasteiger partial charge in [-0.3, -0.25) is 19.2 Å². The van der Waals surface area contributed by atoms with Gasteiger partial charge in [-0.2, -0.15) is 15.8 Å². The first-order valence-corrected chi connectivity index (χ1v) is 24.1. The molecule has 0 fully saturated rings. The SMILES string of the molecule is Cc1cc2c(cc1C#N)C(=O)/C(=C/c1cc3sc4c(c3s1)OC(C(=O)OCc1ccccc1)(C(=O)OCc1ccccc1)c1c-4sc3cc(C=C4C(=O)c5cc(C#N)c(C#N)cc5C4=O)sc13)C2=O. The van der Waals surface area contributed by atoms with Gasteiger partial charge in [0, 0.05) is 36.7 Å². The molecule has 0 atom stereocenters. The van der Waals surface area contributed by atoms with Gasteiger partial charge in [-0.1, -0.05) is 60.7 Å². The highest BCUT2D eigenvalue weighted by atomic mass is 32.1. The van der Waals surface area contributed by atoms with E-state index < -0.39 is 40.7 Å². The van der Waals surface area contributed by atoms with Crippen molar-refractivity contribution in [2.45, 2.75) is 25.7 Å². The van der Waals surface area contributed by atoms with E-state index in [2.05, 4.69) is 6.07 Å². The molecule has 330 valence electrons. The van der Waals surface area contributed by atoms with Crippen LogP contribution in [0.1, 0.15) is 90.1 Å². The lowest BCUT2D eigenvalue weighted by Crippen LogP contribution is -2.52. The van der Waals surface area contributed by atoms with Crippen LogP contribution in [0.3, 0.4) is 0 Å². The Hall–Kier alpha value is -8.43. The minimum absolute atomic E-state index is 0.00707. The Labute approximate surface area is 406 Å². The normalized spacial score (nSPS) is 14.7. The van der Waals surface area contributed by atoms with E-state index in [1.165, 1.54) is 64.4 Å². The van der Waals surface area contributed by atoms with Gasteiger partial charge in [0.1, 0.15) is 25.4 Å². The van der Waals surface area contributed by atoms with E-state index in [9.17, 15) is 35.0 Å². The lowest BCUT2D eigenvalue weighted by Gasteiger charge is -2.33. The molecule has 3 aliphatic rings. The van der Waals surface area contributed by atoms with Crippen LogP contribution in [-0.2, 0) is 37.9 Å². The summed E-state index contributed by atoms with van der Waals surface area (Å²) in [7, 11) is 0. The third-order valence-corrected chi connectivity index (χ3v) is 16.8. The monoisotopic (exact) mass is 975 g/mol. The number of hydrogen-bond donors (Lipinski definition) is 0. The van der Waals surface area contributed by atoms with Crippen LogP contribution in [0, 0.1) is 40.9 Å². The number of carbonyl (C=O) groups excluding carboxylic acids is 6. The molecule has 11 rings (SSSR count). The Bertz CT molecular complexity index is 3770. The van der Waals surface area contributed by atoms with Gasteiger partial charge in [0.2, 0.25) is 0 Å². The summed E-state index contributed by atoms with van der Waals surface area (Å²) in [5.41, 5.74) is -0.200. The fraction of sp³-hybridized carbons (Fsp3) is 0.0755. The number of nitriles is 3. The van der Waals surface area contributed by atoms with Gasteiger partial charge >= 0.3 is 17.5 Å². The summed E-state index contributed by atoms with van der Waals surface area (Å²) in [6, 6.07) is 32.7. The van der Waals surface area contributed by atoms with E-state index in [1.54, 1.807) is 73.7 Å². The molecule has 2 aliphatic carbocycles. The Kier molecular flexibility index (Phi) is 10.3. The summed E-state index contributed by atoms with van der Waals surface area (Å²) in [6.45, 7) is 1.24. The summed E-state index contributed by atoms with van der Waals surface area (Å²) in [6.07, 6.45) is 2.92. The fourth-order valence-electron chi connectivity index (χ4n) is 8.58. The second-order valence-corrected chi connectivity index (χ2v) is 20.4. The van der Waals surface area contributed by atoms with Crippen LogP contribution in [0.25, 0.3) is 40.7 Å². The van der Waals surface area contributed by atoms with Crippen LogP contribution in [0.5, 0.6) is 5.75 Å². The van der Waals surface area contributed by atoms with Crippen molar-refractivity contribution in [1.82, 2.24) is 0 Å². The first-order valence-electron chi connectivity index (χ1n) is 20.8. The molecule has 4 aromatic carbocycles. The van der Waals surface area contributed by atoms with E-state index in [1.807, 2.05) is 24.3 Å². The molecule has 0 radical (unpaired) electrons. The number of fused-ring (bicyclic) bond motifs is 9. The van der Waals surface area contributed by atoms with Crippen molar-refractivity contribution in [2.24, 2.45) is 0 Å². The average molecular weight is 976 g/mol. The fourth-order valence-corrected chi connectivity index (χ4v) is 13.8. The zero-order valence-corrected chi connectivity index (χ0v) is 38.7. The molecule has 0 saturated heterocycles. The molecule has 0 saturated carbocycles. The summed E-state index contributed by atoms with van der Waals surface area (Å²) < 4.78 is 21.1. The number of thiophene rings is 4. The van der Waals surface area contributed by atoms with Crippen molar-refractivity contribution < 1.29 is 43.0 Å². The quantitative estimate of drug-likeness (QED) is 0.0604. The van der Waals surface area contributed by atoms with Gasteiger partial charge in [0.15, 0.2) is 28.9 Å². The van der Waals surface area contributed by atoms with E-state index >= 15 is 9.59 Å². The van der Waals surface area contributed by atoms with Gasteiger partial charge in [-0.25, -0.2) is 9.59 Å². The number of nitrogens with zero attached hydrogens (tertiary/aromatic N) is 3. The van der Waals surface area contributed by atoms with Crippen LogP contribution >= 0.6 is 45.3 Å². The number of rotatable bonds is 8. The second kappa shape index (κ2) is 16.4. The van der Waals surface area contributed by atoms with Crippen LogP contribution < -0.4 is 4.74 Å². The summed E-state index contributed by atoms with van der Waals surface area (Å²) >= 11 is 4.91. The molecule has 0 N–H and O–H groups in total. The maximum Gasteiger partial charge on any atom is 0.367 e. The van der Waals surface area contributed by atoms with Crippen LogP contribution in [-0.4, -0.2) is 35.1 Å². The van der Waals surface area contributed by atoms with Crippen molar-refractivity contribution in [3.63, 3.8) is 0 Å². The number of benzene rings is 4. The molecule has 4 aromatic heterocycles. The molecule has 0 unspecified atom stereocenters. The predicted octanol–water partition coefficient (Wildman–Crippen LogP) is 10.8. The summed E-state index contributed by atoms with van der Waals surface area (Å²) in [5, 5.41) is 28.8. The Morgan fingerprint density at radius 1 is 0.580 bits per heavy atom. The highest BCUT2D eigenvalue weighted by molar-refractivity contribution is 7.35. The van der Waals surface area contributed by atoms with Crippen molar-refractivity contribution in [2.75, 3.05) is 0 Å². The molecule has 0 amide bonds. The molecule has 0 bridgehead atoms. The van der Waals surface area contributed by atoms with Crippen molar-refractivity contribution in [1.29, 1.82) is 15.8 Å². The van der Waals surface area contributed by atoms with Gasteiger partial charge in [-0.05, 0) is 72.2 Å². The minimum Gasteiger partial charge on any atom is -0.457 e. The van der Waals surface area contributed by atoms with Crippen molar-refractivity contribution in [3.8, 4) is 33.7 Å². The maximum absolute atomic E-state index is 15.1. The lowest BCUT2D eigenvalue weighted by molar-refractivity contribution is -0.183. The molecule has 12 nitrogen and oxygen atoms in total. The smallest absolute Gasteiger partial charge is 0.367 e. The molecule has 0 spiro atoms. The van der Waals surface area contributed by atoms with E-state index in [0.29, 0.717) is 60.6 Å². The standard InChI is InChI=1S/C53H25N3O9S4/c1-25-12-33-34(13-28(25)20-54)43(58)37(42(33)57)17-32-19-40-48(67-32)46-50(69-40)49-41(53(65-46,51(61)63-23-26-8-4-2-5-9-26)52(62)64-24-27-10-6-3-7-11-27)47-39(68-49)18-31(66-47)16-38-44(59)35-14-29(21-55)30(22-56)15-36(35)45(38)60/h2-19H,23-24H2,1H3/b37-17+. The molecule has 1 aliphatic heterocycles. The third-order valence-electron chi connectivity index (χ3n) is 12.0. The predicted molar refractivity (Wildman–Crippen MR) is 258 cm³/mol. The number of ketones is 4. The van der Waals surface area contributed by atoms with E-state index in [-0.39, 0.29) is 69.1 Å². The third kappa shape index (κ3) is 6.79. The van der Waals surface area contributed by atoms with Crippen molar-refractivity contribution >= 4 is 111 Å². The summed E-state index contributed by atoms with van der Waals surface area (Å²) in [5.74, 6) is -4.14. The topological polar surface area (TPSA) is 201 Å². The van der Waals surface area contributed by atoms with Crippen LogP contribution in [0.4, 0.5) is 0 Å². The Balaban J connectivity index is 1.06. The van der Waals surface area contributed by atoms with E-state index in [4.69, 9.17) is 14.2 Å². The number of Topliss-reactive ketones (excluding diaryl/α,β-unsaturated/α-hetero) is 4. The number of allylic oxidation sites excluding steroid dienone is 2. The molecule has 5 heterocycles. The lowest BCUT2D eigenvalue weighted by atomic mass is 9.90. The Morgan fingerprint density at radius 3 is 1.51 bits per heavy atom. The van der Waals surface area contributed by atoms with Gasteiger partial charge in [-0.15, -0.1) is 45.3 Å². The second-order valence-electron chi connectivity index (χ2n) is 16.1. The highest BCUT2D eigenvalue weighted by Crippen LogP contribution is 2.61. The molecule has 16 heteroatoms. The number of esters is 2. The molecular formula is C53H25N3O9S4. The zero-order chi connectivity index (χ0) is 47.9. The van der Waals surface area contributed by atoms with Crippen molar-refractivity contribution in [3.05, 3.63) is 179 Å². The largest absolute Gasteiger partial charge is 0.457 e. The van der Waals surface area contributed by atoms with Gasteiger partial charge in [0.25, 0.3) is 0 Å². The number of ether oxygens (including phenoxy) is 3. The molecule has 8 aromatic rings. The summed E-state index contributed by atoms with van der Waals surface area (Å²) in [4.78, 5) is 86.9. The first kappa shape index (κ1) is 43.2. The number of carbonyl (C=O) groups is 6. The number of hydrogen-bond acceptors (Lipinski definition) is 16. The average Bonchev–Trinajstić information content (AvgIpc) is 4.20. The van der Waals surface area contributed by atoms with Crippen LogP contribution in [0.15, 0.2) is 108 Å². The van der Waals surface area contributed by atoms with Gasteiger partial charge in [0.05, 0.1) is 63.3 Å². The van der Waals surface area contributed by atoms with Crippen LogP contribution in [0.2, 0.25) is 0 Å². The number of aryl methyl sites for hydroxylation is 1. The maximum atomic E-state index is 15.1. The first-order chi connectivity index (χ1) is 33.4. The zero-order valence-electron chi connectivity index (χ0n) is 35.5. The highest BCUT2D eigenvalue weighted by Gasteiger charge is 2.60. The molecular weight excluding hydrogens is 951 g/mol. The van der Waals surface area contributed by atoms with Gasteiger partial charge < -0.3 is 14.2 Å². The Morgan fingerprint density at radius 2 is 1.01 bits per heavy atom.